The van der Waals surface area contributed by atoms with Crippen LogP contribution >= 0.6 is 0 Å². The fourth-order valence-corrected chi connectivity index (χ4v) is 4.61. The van der Waals surface area contributed by atoms with Crippen LogP contribution < -0.4 is 5.32 Å². The Kier molecular flexibility index (Phi) is 5.05. The summed E-state index contributed by atoms with van der Waals surface area (Å²) in [6, 6.07) is 6.19. The molecule has 1 aliphatic rings. The maximum absolute atomic E-state index is 12.6. The van der Waals surface area contributed by atoms with Crippen LogP contribution in [0.4, 0.5) is 10.5 Å². The molecule has 9 heteroatoms. The quantitative estimate of drug-likeness (QED) is 0.827. The molecule has 2 N–H and O–H groups in total. The minimum atomic E-state index is -3.12. The van der Waals surface area contributed by atoms with Gasteiger partial charge in [0.1, 0.15) is 0 Å². The van der Waals surface area contributed by atoms with Crippen molar-refractivity contribution in [1.29, 1.82) is 0 Å². The summed E-state index contributed by atoms with van der Waals surface area (Å²) >= 11 is 0. The molecule has 0 saturated carbocycles. The van der Waals surface area contributed by atoms with Crippen LogP contribution in [-0.2, 0) is 9.84 Å². The summed E-state index contributed by atoms with van der Waals surface area (Å²) in [6.45, 7) is -0.157. The van der Waals surface area contributed by atoms with Gasteiger partial charge in [0, 0.05) is 23.8 Å². The molecular formula is C16H19N3O5S. The van der Waals surface area contributed by atoms with E-state index in [1.165, 1.54) is 11.3 Å². The molecule has 2 aromatic rings. The summed E-state index contributed by atoms with van der Waals surface area (Å²) in [6.07, 6.45) is 3.28. The molecule has 0 unspecified atom stereocenters. The van der Waals surface area contributed by atoms with E-state index in [2.05, 4.69) is 10.3 Å². The van der Waals surface area contributed by atoms with Crippen LogP contribution in [0.2, 0.25) is 0 Å². The lowest BCUT2D eigenvalue weighted by Gasteiger charge is -2.27. The highest BCUT2D eigenvalue weighted by Gasteiger charge is 2.34. The topological polar surface area (TPSA) is 113 Å². The minimum Gasteiger partial charge on any atom is -0.444 e. The third kappa shape index (κ3) is 4.18. The third-order valence-electron chi connectivity index (χ3n) is 4.08. The molecule has 0 spiro atoms. The van der Waals surface area contributed by atoms with Crippen molar-refractivity contribution in [3.8, 4) is 11.3 Å². The number of rotatable bonds is 5. The van der Waals surface area contributed by atoms with Crippen LogP contribution in [0.25, 0.3) is 11.3 Å². The highest BCUT2D eigenvalue weighted by molar-refractivity contribution is 7.91. The van der Waals surface area contributed by atoms with E-state index in [9.17, 15) is 18.3 Å². The first-order chi connectivity index (χ1) is 12.0. The zero-order valence-electron chi connectivity index (χ0n) is 13.5. The number of hydrogen-bond acceptors (Lipinski definition) is 6. The first kappa shape index (κ1) is 17.4. The monoisotopic (exact) mass is 365 g/mol. The molecule has 1 aromatic heterocycles. The number of amides is 2. The second-order valence-electron chi connectivity index (χ2n) is 5.85. The number of aromatic nitrogens is 1. The van der Waals surface area contributed by atoms with Crippen molar-refractivity contribution in [2.24, 2.45) is 0 Å². The summed E-state index contributed by atoms with van der Waals surface area (Å²) in [5.74, 6) is 0.567. The van der Waals surface area contributed by atoms with Gasteiger partial charge in [0.2, 0.25) is 0 Å². The predicted molar refractivity (Wildman–Crippen MR) is 91.8 cm³/mol. The van der Waals surface area contributed by atoms with Gasteiger partial charge >= 0.3 is 6.03 Å². The number of urea groups is 1. The predicted octanol–water partition coefficient (Wildman–Crippen LogP) is 1.35. The molecule has 0 bridgehead atoms. The van der Waals surface area contributed by atoms with Gasteiger partial charge in [0.15, 0.2) is 22.0 Å². The largest absolute Gasteiger partial charge is 0.444 e. The van der Waals surface area contributed by atoms with E-state index < -0.39 is 21.9 Å². The number of oxazole rings is 1. The van der Waals surface area contributed by atoms with Crippen molar-refractivity contribution in [2.75, 3.05) is 30.0 Å². The lowest BCUT2D eigenvalue weighted by molar-refractivity contribution is 0.169. The number of nitrogens with zero attached hydrogens (tertiary/aromatic N) is 2. The van der Waals surface area contributed by atoms with Gasteiger partial charge in [-0.1, -0.05) is 12.1 Å². The van der Waals surface area contributed by atoms with Crippen molar-refractivity contribution in [1.82, 2.24) is 9.88 Å². The Balaban J connectivity index is 1.74. The summed E-state index contributed by atoms with van der Waals surface area (Å²) in [7, 11) is -3.12. The number of nitrogens with one attached hydrogen (secondary N) is 1. The first-order valence-corrected chi connectivity index (χ1v) is 9.68. The molecule has 1 fully saturated rings. The first-order valence-electron chi connectivity index (χ1n) is 7.86. The minimum absolute atomic E-state index is 0.0633. The maximum atomic E-state index is 12.6. The van der Waals surface area contributed by atoms with E-state index in [-0.39, 0.29) is 24.7 Å². The van der Waals surface area contributed by atoms with Crippen LogP contribution in [0.15, 0.2) is 41.3 Å². The van der Waals surface area contributed by atoms with Gasteiger partial charge in [-0.05, 0) is 18.6 Å². The molecule has 2 amide bonds. The zero-order valence-corrected chi connectivity index (χ0v) is 14.3. The Labute approximate surface area is 145 Å². The molecule has 2 heterocycles. The second-order valence-corrected chi connectivity index (χ2v) is 8.08. The third-order valence-corrected chi connectivity index (χ3v) is 5.83. The Morgan fingerprint density at radius 2 is 2.28 bits per heavy atom. The van der Waals surface area contributed by atoms with E-state index in [0.29, 0.717) is 17.9 Å². The summed E-state index contributed by atoms with van der Waals surface area (Å²) < 4.78 is 28.6. The van der Waals surface area contributed by atoms with Crippen molar-refractivity contribution < 1.29 is 22.7 Å². The Morgan fingerprint density at radius 1 is 1.44 bits per heavy atom. The van der Waals surface area contributed by atoms with Gasteiger partial charge in [0.25, 0.3) is 0 Å². The molecule has 1 saturated heterocycles. The molecule has 8 nitrogen and oxygen atoms in total. The standard InChI is InChI=1S/C16H19N3O5S/c20-6-5-19(14-4-7-25(22,23)10-14)16(21)18-13-3-1-2-12(8-13)15-9-17-11-24-15/h1-3,8-9,11,14,20H,4-7,10H2,(H,18,21)/t14-/m1/s1. The lowest BCUT2D eigenvalue weighted by Crippen LogP contribution is -2.45. The van der Waals surface area contributed by atoms with Gasteiger partial charge in [-0.3, -0.25) is 0 Å². The molecule has 134 valence electrons. The Hall–Kier alpha value is -2.39. The van der Waals surface area contributed by atoms with Gasteiger partial charge in [-0.15, -0.1) is 0 Å². The van der Waals surface area contributed by atoms with Gasteiger partial charge in [-0.2, -0.15) is 0 Å². The van der Waals surface area contributed by atoms with Crippen LogP contribution in [0.3, 0.4) is 0 Å². The van der Waals surface area contributed by atoms with Crippen LogP contribution in [0.5, 0.6) is 0 Å². The van der Waals surface area contributed by atoms with Crippen LogP contribution in [0, 0.1) is 0 Å². The molecule has 25 heavy (non-hydrogen) atoms. The lowest BCUT2D eigenvalue weighted by atomic mass is 10.1. The van der Waals surface area contributed by atoms with E-state index in [0.717, 1.165) is 5.56 Å². The van der Waals surface area contributed by atoms with Crippen molar-refractivity contribution in [2.45, 2.75) is 12.5 Å². The fraction of sp³-hybridized carbons (Fsp3) is 0.375. The number of aliphatic hydroxyl groups excluding tert-OH is 1. The summed E-state index contributed by atoms with van der Waals surface area (Å²) in [5.41, 5.74) is 1.30. The number of carbonyl (C=O) groups is 1. The van der Waals surface area contributed by atoms with Gasteiger partial charge < -0.3 is 19.7 Å². The highest BCUT2D eigenvalue weighted by atomic mass is 32.2. The number of sulfone groups is 1. The zero-order chi connectivity index (χ0) is 17.9. The fourth-order valence-electron chi connectivity index (χ4n) is 2.88. The maximum Gasteiger partial charge on any atom is 0.322 e. The van der Waals surface area contributed by atoms with Crippen LogP contribution in [-0.4, -0.2) is 60.1 Å². The molecule has 1 atom stereocenters. The number of anilines is 1. The van der Waals surface area contributed by atoms with E-state index in [1.807, 2.05) is 6.07 Å². The highest BCUT2D eigenvalue weighted by Crippen LogP contribution is 2.23. The summed E-state index contributed by atoms with van der Waals surface area (Å²) in [4.78, 5) is 17.8. The average molecular weight is 365 g/mol. The van der Waals surface area contributed by atoms with E-state index >= 15 is 0 Å². The number of carbonyl (C=O) groups excluding carboxylic acids is 1. The number of benzene rings is 1. The smallest absolute Gasteiger partial charge is 0.322 e. The Bertz CT molecular complexity index is 835. The van der Waals surface area contributed by atoms with Crippen molar-refractivity contribution in [3.63, 3.8) is 0 Å². The van der Waals surface area contributed by atoms with Gasteiger partial charge in [0.05, 0.1) is 24.3 Å². The van der Waals surface area contributed by atoms with Crippen molar-refractivity contribution >= 4 is 21.6 Å². The molecule has 0 radical (unpaired) electrons. The molecule has 0 aliphatic carbocycles. The molecule has 1 aromatic carbocycles. The second kappa shape index (κ2) is 7.24. The number of hydrogen-bond donors (Lipinski definition) is 2. The van der Waals surface area contributed by atoms with Crippen molar-refractivity contribution in [3.05, 3.63) is 36.9 Å². The van der Waals surface area contributed by atoms with E-state index in [4.69, 9.17) is 4.42 Å². The number of aliphatic hydroxyl groups is 1. The van der Waals surface area contributed by atoms with Crippen LogP contribution in [0.1, 0.15) is 6.42 Å². The Morgan fingerprint density at radius 3 is 2.92 bits per heavy atom. The van der Waals surface area contributed by atoms with E-state index in [1.54, 1.807) is 24.4 Å². The van der Waals surface area contributed by atoms with Gasteiger partial charge in [-0.25, -0.2) is 18.2 Å². The normalized spacial score (nSPS) is 18.8. The molecular weight excluding hydrogens is 346 g/mol. The molecule has 3 rings (SSSR count). The SMILES string of the molecule is O=C(Nc1cccc(-c2cnco2)c1)N(CCO)[C@@H]1CCS(=O)(=O)C1. The molecule has 1 aliphatic heterocycles. The average Bonchev–Trinajstić information content (AvgIpc) is 3.22. The summed E-state index contributed by atoms with van der Waals surface area (Å²) in [5, 5.41) is 12.0.